The van der Waals surface area contributed by atoms with Crippen molar-refractivity contribution in [2.75, 3.05) is 7.05 Å². The first-order chi connectivity index (χ1) is 12.8. The fourth-order valence-corrected chi connectivity index (χ4v) is 3.12. The Labute approximate surface area is 155 Å². The minimum atomic E-state index is -4.67. The van der Waals surface area contributed by atoms with Crippen molar-refractivity contribution < 1.29 is 22.5 Å². The Balaban J connectivity index is 1.96. The van der Waals surface area contributed by atoms with Gasteiger partial charge in [-0.3, -0.25) is 9.36 Å². The van der Waals surface area contributed by atoms with Gasteiger partial charge in [0.25, 0.3) is 5.91 Å². The van der Waals surface area contributed by atoms with Crippen LogP contribution in [0.3, 0.4) is 0 Å². The maximum Gasteiger partial charge on any atom is 0.417 e. The second-order valence-electron chi connectivity index (χ2n) is 5.91. The van der Waals surface area contributed by atoms with Crippen molar-refractivity contribution in [1.29, 1.82) is 0 Å². The van der Waals surface area contributed by atoms with Gasteiger partial charge in [-0.25, -0.2) is 4.98 Å². The zero-order chi connectivity index (χ0) is 19.3. The van der Waals surface area contributed by atoms with Gasteiger partial charge in [-0.05, 0) is 12.1 Å². The number of imidazole rings is 1. The number of fused-ring (bicyclic) bond motifs is 3. The molecule has 7 nitrogen and oxygen atoms in total. The summed E-state index contributed by atoms with van der Waals surface area (Å²) in [6.45, 7) is 0.0187. The maximum absolute atomic E-state index is 13.5. The van der Waals surface area contributed by atoms with Gasteiger partial charge in [-0.1, -0.05) is 11.2 Å². The van der Waals surface area contributed by atoms with Crippen molar-refractivity contribution in [1.82, 2.24) is 24.6 Å². The van der Waals surface area contributed by atoms with Gasteiger partial charge >= 0.3 is 6.18 Å². The zero-order valence-electron chi connectivity index (χ0n) is 13.8. The Morgan fingerprint density at radius 3 is 2.78 bits per heavy atom. The Kier molecular flexibility index (Phi) is 3.95. The number of amides is 1. The van der Waals surface area contributed by atoms with E-state index in [9.17, 15) is 18.0 Å². The van der Waals surface area contributed by atoms with E-state index in [2.05, 4.69) is 15.1 Å². The van der Waals surface area contributed by atoms with Crippen molar-refractivity contribution >= 4 is 17.5 Å². The van der Waals surface area contributed by atoms with Gasteiger partial charge in [-0.15, -0.1) is 11.6 Å². The first-order valence-electron chi connectivity index (χ1n) is 7.72. The summed E-state index contributed by atoms with van der Waals surface area (Å²) in [5.41, 5.74) is -0.562. The highest BCUT2D eigenvalue weighted by atomic mass is 35.5. The van der Waals surface area contributed by atoms with Crippen LogP contribution in [0.5, 0.6) is 0 Å². The number of aromatic nitrogens is 4. The lowest BCUT2D eigenvalue weighted by atomic mass is 10.0. The molecule has 0 saturated carbocycles. The average Bonchev–Trinajstić information content (AvgIpc) is 3.24. The van der Waals surface area contributed by atoms with Crippen molar-refractivity contribution in [3.05, 3.63) is 47.2 Å². The number of halogens is 4. The minimum Gasteiger partial charge on any atom is -0.338 e. The number of nitrogens with zero attached hydrogens (tertiary/aromatic N) is 5. The van der Waals surface area contributed by atoms with E-state index < -0.39 is 23.2 Å². The second kappa shape index (κ2) is 6.08. The molecule has 0 saturated heterocycles. The highest BCUT2D eigenvalue weighted by Crippen LogP contribution is 2.37. The van der Waals surface area contributed by atoms with Crippen LogP contribution < -0.4 is 0 Å². The number of alkyl halides is 4. The van der Waals surface area contributed by atoms with Gasteiger partial charge < -0.3 is 9.42 Å². The van der Waals surface area contributed by atoms with Crippen LogP contribution in [-0.4, -0.2) is 37.5 Å². The van der Waals surface area contributed by atoms with Crippen LogP contribution in [0.1, 0.15) is 27.5 Å². The fraction of sp³-hybridized carbons (Fsp3) is 0.250. The summed E-state index contributed by atoms with van der Waals surface area (Å²) in [4.78, 5) is 22.2. The summed E-state index contributed by atoms with van der Waals surface area (Å²) in [6.07, 6.45) is -3.33. The van der Waals surface area contributed by atoms with E-state index in [1.54, 1.807) is 0 Å². The lowest BCUT2D eigenvalue weighted by Gasteiger charge is -2.18. The molecule has 3 aromatic rings. The van der Waals surface area contributed by atoms with Crippen LogP contribution in [0.15, 0.2) is 29.0 Å². The molecule has 1 amide bonds. The quantitative estimate of drug-likeness (QED) is 0.620. The van der Waals surface area contributed by atoms with E-state index in [4.69, 9.17) is 16.1 Å². The molecule has 0 aliphatic carbocycles. The highest BCUT2D eigenvalue weighted by Gasteiger charge is 2.39. The van der Waals surface area contributed by atoms with Crippen LogP contribution in [0.4, 0.5) is 13.2 Å². The number of benzene rings is 1. The summed E-state index contributed by atoms with van der Waals surface area (Å²) in [7, 11) is 1.42. The Bertz CT molecular complexity index is 1040. The third-order valence-corrected chi connectivity index (χ3v) is 4.44. The van der Waals surface area contributed by atoms with Gasteiger partial charge in [0.05, 0.1) is 29.1 Å². The molecule has 1 aliphatic rings. The molecule has 0 unspecified atom stereocenters. The summed E-state index contributed by atoms with van der Waals surface area (Å²) in [6, 6.07) is 3.58. The normalized spacial score (nSPS) is 14.1. The first kappa shape index (κ1) is 17.5. The number of rotatable bonds is 2. The van der Waals surface area contributed by atoms with E-state index >= 15 is 0 Å². The fourth-order valence-electron chi connectivity index (χ4n) is 3.01. The Morgan fingerprint density at radius 2 is 2.11 bits per heavy atom. The monoisotopic (exact) mass is 397 g/mol. The van der Waals surface area contributed by atoms with Crippen LogP contribution in [0, 0.1) is 0 Å². The second-order valence-corrected chi connectivity index (χ2v) is 6.18. The molecule has 0 radical (unpaired) electrons. The van der Waals surface area contributed by atoms with Crippen LogP contribution in [0.2, 0.25) is 0 Å². The lowest BCUT2D eigenvalue weighted by Crippen LogP contribution is -2.27. The van der Waals surface area contributed by atoms with Crippen molar-refractivity contribution in [3.63, 3.8) is 0 Å². The first-order valence-corrected chi connectivity index (χ1v) is 8.26. The van der Waals surface area contributed by atoms with Gasteiger partial charge in [-0.2, -0.15) is 18.2 Å². The Hall–Kier alpha value is -2.88. The molecule has 11 heteroatoms. The van der Waals surface area contributed by atoms with Gasteiger partial charge in [0.15, 0.2) is 0 Å². The van der Waals surface area contributed by atoms with Crippen molar-refractivity contribution in [2.45, 2.75) is 18.6 Å². The average molecular weight is 398 g/mol. The molecule has 1 aliphatic heterocycles. The van der Waals surface area contributed by atoms with E-state index in [0.717, 1.165) is 6.07 Å². The number of hydrogen-bond acceptors (Lipinski definition) is 5. The number of carbonyl (C=O) groups is 1. The van der Waals surface area contributed by atoms with Crippen LogP contribution in [0.25, 0.3) is 17.2 Å². The molecule has 1 aromatic carbocycles. The molecule has 27 heavy (non-hydrogen) atoms. The SMILES string of the molecule is CN1Cc2c(-c3noc(CCl)n3)ncn2-c2cccc(C(F)(F)F)c2C1=O. The molecule has 0 atom stereocenters. The minimum absolute atomic E-state index is 0.0131. The molecule has 0 bridgehead atoms. The summed E-state index contributed by atoms with van der Waals surface area (Å²) >= 11 is 5.66. The molecular weight excluding hydrogens is 387 g/mol. The van der Waals surface area contributed by atoms with E-state index in [-0.39, 0.29) is 29.8 Å². The van der Waals surface area contributed by atoms with Gasteiger partial charge in [0.1, 0.15) is 17.9 Å². The smallest absolute Gasteiger partial charge is 0.338 e. The number of carbonyl (C=O) groups excluding carboxylic acids is 1. The zero-order valence-corrected chi connectivity index (χ0v) is 14.5. The third-order valence-electron chi connectivity index (χ3n) is 4.22. The van der Waals surface area contributed by atoms with Gasteiger partial charge in [0, 0.05) is 7.05 Å². The van der Waals surface area contributed by atoms with E-state index in [0.29, 0.717) is 11.4 Å². The molecule has 140 valence electrons. The van der Waals surface area contributed by atoms with Crippen LogP contribution >= 0.6 is 11.6 Å². The predicted octanol–water partition coefficient (Wildman–Crippen LogP) is 3.27. The molecule has 4 rings (SSSR count). The molecule has 0 fully saturated rings. The molecule has 0 spiro atoms. The highest BCUT2D eigenvalue weighted by molar-refractivity contribution is 6.16. The summed E-state index contributed by atoms with van der Waals surface area (Å²) < 4.78 is 46.8. The van der Waals surface area contributed by atoms with Crippen molar-refractivity contribution in [2.24, 2.45) is 0 Å². The van der Waals surface area contributed by atoms with E-state index in [1.807, 2.05) is 0 Å². The van der Waals surface area contributed by atoms with Crippen LogP contribution in [-0.2, 0) is 18.6 Å². The largest absolute Gasteiger partial charge is 0.417 e. The van der Waals surface area contributed by atoms with Crippen molar-refractivity contribution in [3.8, 4) is 17.2 Å². The molecule has 0 N–H and O–H groups in total. The topological polar surface area (TPSA) is 77.1 Å². The molecular formula is C16H11ClF3N5O2. The third kappa shape index (κ3) is 2.76. The summed E-state index contributed by atoms with van der Waals surface area (Å²) in [5, 5.41) is 3.80. The predicted molar refractivity (Wildman–Crippen MR) is 87.2 cm³/mol. The maximum atomic E-state index is 13.5. The standard InChI is InChI=1S/C16H11ClF3N5O2/c1-24-6-10-13(14-22-11(5-17)27-23-14)21-7-25(10)9-4-2-3-8(16(18,19)20)12(9)15(24)26/h2-4,7H,5-6H2,1H3. The molecule has 2 aromatic heterocycles. The van der Waals surface area contributed by atoms with E-state index in [1.165, 1.54) is 35.0 Å². The lowest BCUT2D eigenvalue weighted by molar-refractivity contribution is -0.138. The molecule has 3 heterocycles. The summed E-state index contributed by atoms with van der Waals surface area (Å²) in [5.74, 6) is -0.386. The van der Waals surface area contributed by atoms with Gasteiger partial charge in [0.2, 0.25) is 11.7 Å². The Morgan fingerprint density at radius 1 is 1.33 bits per heavy atom. The number of hydrogen-bond donors (Lipinski definition) is 0.